The van der Waals surface area contributed by atoms with Crippen LogP contribution in [-0.4, -0.2) is 52.7 Å². The highest BCUT2D eigenvalue weighted by Gasteiger charge is 2.22. The van der Waals surface area contributed by atoms with Crippen LogP contribution in [0.3, 0.4) is 0 Å². The number of hydrogen-bond donors (Lipinski definition) is 1. The third-order valence-electron chi connectivity index (χ3n) is 3.71. The number of hydrazone groups is 1. The smallest absolute Gasteiger partial charge is 0.255 e. The van der Waals surface area contributed by atoms with Gasteiger partial charge in [-0.3, -0.25) is 4.79 Å². The van der Waals surface area contributed by atoms with Crippen LogP contribution < -0.4 is 14.9 Å². The van der Waals surface area contributed by atoms with Gasteiger partial charge in [0.15, 0.2) is 11.5 Å². The molecule has 2 rings (SSSR count). The number of nitrogens with one attached hydrogen (secondary N) is 1. The van der Waals surface area contributed by atoms with Crippen molar-refractivity contribution in [3.8, 4) is 11.5 Å². The molecule has 0 unspecified atom stereocenters. The van der Waals surface area contributed by atoms with E-state index in [1.807, 2.05) is 0 Å². The zero-order chi connectivity index (χ0) is 20.7. The Morgan fingerprint density at radius 1 is 1.18 bits per heavy atom. The number of methoxy groups -OCH3 is 2. The van der Waals surface area contributed by atoms with Gasteiger partial charge in [-0.1, -0.05) is 17.7 Å². The minimum atomic E-state index is -3.82. The number of benzene rings is 2. The predicted molar refractivity (Wildman–Crippen MR) is 107 cm³/mol. The highest BCUT2D eigenvalue weighted by atomic mass is 35.5. The summed E-state index contributed by atoms with van der Waals surface area (Å²) in [5.74, 6) is 0.384. The molecule has 2 aromatic carbocycles. The van der Waals surface area contributed by atoms with Gasteiger partial charge in [0.2, 0.25) is 10.0 Å². The van der Waals surface area contributed by atoms with Gasteiger partial charge in [-0.2, -0.15) is 9.41 Å². The molecule has 2 aromatic rings. The Balaban J connectivity index is 2.02. The maximum absolute atomic E-state index is 12.5. The fourth-order valence-electron chi connectivity index (χ4n) is 2.30. The summed E-state index contributed by atoms with van der Waals surface area (Å²) >= 11 is 5.77. The fraction of sp³-hybridized carbons (Fsp3) is 0.222. The van der Waals surface area contributed by atoms with E-state index >= 15 is 0 Å². The van der Waals surface area contributed by atoms with Crippen LogP contribution >= 0.6 is 11.6 Å². The van der Waals surface area contributed by atoms with Gasteiger partial charge in [-0.25, -0.2) is 13.8 Å². The SMILES string of the molecule is COc1cccc(/C=N\NC(=O)CN(C)S(=O)(=O)c2ccc(Cl)cc2)c1OC. The Hall–Kier alpha value is -2.62. The van der Waals surface area contributed by atoms with Crippen LogP contribution in [0.2, 0.25) is 5.02 Å². The van der Waals surface area contributed by atoms with Crippen molar-refractivity contribution in [2.24, 2.45) is 5.10 Å². The molecule has 8 nitrogen and oxygen atoms in total. The highest BCUT2D eigenvalue weighted by Crippen LogP contribution is 2.29. The third kappa shape index (κ3) is 5.22. The third-order valence-corrected chi connectivity index (χ3v) is 5.78. The molecule has 1 N–H and O–H groups in total. The Kier molecular flexibility index (Phi) is 7.38. The first kappa shape index (κ1) is 21.7. The van der Waals surface area contributed by atoms with E-state index < -0.39 is 22.5 Å². The summed E-state index contributed by atoms with van der Waals surface area (Å²) in [5, 5.41) is 4.26. The Labute approximate surface area is 168 Å². The number of sulfonamides is 1. The average Bonchev–Trinajstić information content (AvgIpc) is 2.67. The molecule has 0 aliphatic carbocycles. The lowest BCUT2D eigenvalue weighted by atomic mass is 10.2. The van der Waals surface area contributed by atoms with Crippen molar-refractivity contribution in [1.82, 2.24) is 9.73 Å². The first-order valence-electron chi connectivity index (χ1n) is 8.04. The average molecular weight is 426 g/mol. The predicted octanol–water partition coefficient (Wildman–Crippen LogP) is 2.13. The first-order valence-corrected chi connectivity index (χ1v) is 9.86. The van der Waals surface area contributed by atoms with Gasteiger partial charge in [0, 0.05) is 17.6 Å². The van der Waals surface area contributed by atoms with Crippen molar-refractivity contribution < 1.29 is 22.7 Å². The largest absolute Gasteiger partial charge is 0.493 e. The van der Waals surface area contributed by atoms with E-state index in [1.165, 1.54) is 51.7 Å². The molecule has 0 atom stereocenters. The Morgan fingerprint density at radius 2 is 1.86 bits per heavy atom. The lowest BCUT2D eigenvalue weighted by Gasteiger charge is -2.16. The molecule has 150 valence electrons. The van der Waals surface area contributed by atoms with Gasteiger partial charge in [0.1, 0.15) is 0 Å². The topological polar surface area (TPSA) is 97.3 Å². The van der Waals surface area contributed by atoms with Gasteiger partial charge >= 0.3 is 0 Å². The summed E-state index contributed by atoms with van der Waals surface area (Å²) in [5.41, 5.74) is 2.88. The Morgan fingerprint density at radius 3 is 2.46 bits per heavy atom. The molecule has 0 aliphatic rings. The number of carbonyl (C=O) groups excluding carboxylic acids is 1. The van der Waals surface area contributed by atoms with Crippen molar-refractivity contribution in [3.63, 3.8) is 0 Å². The highest BCUT2D eigenvalue weighted by molar-refractivity contribution is 7.89. The van der Waals surface area contributed by atoms with Crippen LogP contribution in [0.5, 0.6) is 11.5 Å². The van der Waals surface area contributed by atoms with E-state index in [-0.39, 0.29) is 4.90 Å². The van der Waals surface area contributed by atoms with Crippen molar-refractivity contribution in [3.05, 3.63) is 53.1 Å². The molecule has 0 spiro atoms. The molecule has 0 bridgehead atoms. The van der Waals surface area contributed by atoms with E-state index in [2.05, 4.69) is 10.5 Å². The van der Waals surface area contributed by atoms with Crippen LogP contribution in [0.25, 0.3) is 0 Å². The lowest BCUT2D eigenvalue weighted by molar-refractivity contribution is -0.121. The van der Waals surface area contributed by atoms with Crippen LogP contribution in [0.4, 0.5) is 0 Å². The number of likely N-dealkylation sites (N-methyl/N-ethyl adjacent to an activating group) is 1. The zero-order valence-electron chi connectivity index (χ0n) is 15.5. The Bertz CT molecular complexity index is 962. The number of nitrogens with zero attached hydrogens (tertiary/aromatic N) is 2. The number of para-hydroxylation sites is 1. The quantitative estimate of drug-likeness (QED) is 0.516. The first-order chi connectivity index (χ1) is 13.3. The van der Waals surface area contributed by atoms with Crippen LogP contribution in [0.15, 0.2) is 52.5 Å². The standard InChI is InChI=1S/C18H20ClN3O5S/c1-22(28(24,25)15-9-7-14(19)8-10-15)12-17(23)21-20-11-13-5-4-6-16(26-2)18(13)27-3/h4-11H,12H2,1-3H3,(H,21,23)/b20-11-. The van der Waals surface area contributed by atoms with Crippen LogP contribution in [0, 0.1) is 0 Å². The van der Waals surface area contributed by atoms with Crippen LogP contribution in [-0.2, 0) is 14.8 Å². The second-order valence-electron chi connectivity index (χ2n) is 5.59. The molecule has 0 fully saturated rings. The molecule has 28 heavy (non-hydrogen) atoms. The van der Waals surface area contributed by atoms with E-state index in [0.717, 1.165) is 4.31 Å². The maximum Gasteiger partial charge on any atom is 0.255 e. The molecular weight excluding hydrogens is 406 g/mol. The van der Waals surface area contributed by atoms with Gasteiger partial charge in [-0.15, -0.1) is 0 Å². The van der Waals surface area contributed by atoms with E-state index in [9.17, 15) is 13.2 Å². The minimum Gasteiger partial charge on any atom is -0.493 e. The minimum absolute atomic E-state index is 0.0387. The van der Waals surface area contributed by atoms with E-state index in [1.54, 1.807) is 18.2 Å². The van der Waals surface area contributed by atoms with Gasteiger partial charge in [-0.05, 0) is 36.4 Å². The van der Waals surface area contributed by atoms with Crippen molar-refractivity contribution in [2.45, 2.75) is 4.90 Å². The molecule has 0 saturated carbocycles. The number of halogens is 1. The summed E-state index contributed by atoms with van der Waals surface area (Å²) in [4.78, 5) is 12.1. The molecule has 0 heterocycles. The lowest BCUT2D eigenvalue weighted by Crippen LogP contribution is -2.36. The van der Waals surface area contributed by atoms with Crippen molar-refractivity contribution >= 4 is 33.7 Å². The van der Waals surface area contributed by atoms with Crippen molar-refractivity contribution in [2.75, 3.05) is 27.8 Å². The molecule has 10 heteroatoms. The van der Waals surface area contributed by atoms with Gasteiger partial charge in [0.05, 0.1) is 31.9 Å². The summed E-state index contributed by atoms with van der Waals surface area (Å²) in [6, 6.07) is 10.9. The number of amides is 1. The second kappa shape index (κ2) is 9.54. The fourth-order valence-corrected chi connectivity index (χ4v) is 3.55. The summed E-state index contributed by atoms with van der Waals surface area (Å²) in [6.45, 7) is -0.405. The van der Waals surface area contributed by atoms with E-state index in [0.29, 0.717) is 22.1 Å². The zero-order valence-corrected chi connectivity index (χ0v) is 17.1. The summed E-state index contributed by atoms with van der Waals surface area (Å²) in [6.07, 6.45) is 1.38. The summed E-state index contributed by atoms with van der Waals surface area (Å²) in [7, 11) is 0.484. The molecule has 0 radical (unpaired) electrons. The summed E-state index contributed by atoms with van der Waals surface area (Å²) < 4.78 is 36.3. The van der Waals surface area contributed by atoms with Gasteiger partial charge in [0.25, 0.3) is 5.91 Å². The molecule has 1 amide bonds. The maximum atomic E-state index is 12.5. The number of rotatable bonds is 8. The molecular formula is C18H20ClN3O5S. The number of ether oxygens (including phenoxy) is 2. The van der Waals surface area contributed by atoms with Crippen molar-refractivity contribution in [1.29, 1.82) is 0 Å². The number of carbonyl (C=O) groups is 1. The van der Waals surface area contributed by atoms with E-state index in [4.69, 9.17) is 21.1 Å². The molecule has 0 saturated heterocycles. The van der Waals surface area contributed by atoms with Crippen LogP contribution in [0.1, 0.15) is 5.56 Å². The molecule has 0 aliphatic heterocycles. The molecule has 0 aromatic heterocycles. The monoisotopic (exact) mass is 425 g/mol. The normalized spacial score (nSPS) is 11.6. The second-order valence-corrected chi connectivity index (χ2v) is 8.07. The van der Waals surface area contributed by atoms with Gasteiger partial charge < -0.3 is 9.47 Å². The number of hydrogen-bond acceptors (Lipinski definition) is 6.